The first-order valence-corrected chi connectivity index (χ1v) is 14.0. The van der Waals surface area contributed by atoms with E-state index in [9.17, 15) is 9.59 Å². The smallest absolute Gasteiger partial charge is 0.306 e. The summed E-state index contributed by atoms with van der Waals surface area (Å²) in [6.45, 7) is 11.2. The minimum absolute atomic E-state index is 0.0150. The van der Waals surface area contributed by atoms with E-state index in [1.54, 1.807) is 11.3 Å². The van der Waals surface area contributed by atoms with Crippen molar-refractivity contribution in [2.75, 3.05) is 24.7 Å². The Hall–Kier alpha value is -2.05. The molecule has 184 valence electrons. The summed E-state index contributed by atoms with van der Waals surface area (Å²) in [7, 11) is 0. The number of carbonyl (C=O) groups is 1. The van der Waals surface area contributed by atoms with Gasteiger partial charge in [0.25, 0.3) is 0 Å². The van der Waals surface area contributed by atoms with Crippen LogP contribution in [0.2, 0.25) is 0 Å². The Balaban J connectivity index is 1.52. The Morgan fingerprint density at radius 2 is 1.85 bits per heavy atom. The second kappa shape index (κ2) is 12.1. The summed E-state index contributed by atoms with van der Waals surface area (Å²) < 4.78 is 13.3. The summed E-state index contributed by atoms with van der Waals surface area (Å²) in [6.07, 6.45) is 3.99. The number of carbonyl (C=O) groups excluding carboxylic acids is 1. The third-order valence-electron chi connectivity index (χ3n) is 6.47. The highest BCUT2D eigenvalue weighted by Gasteiger charge is 2.16. The molecule has 0 N–H and O–H groups in total. The highest BCUT2D eigenvalue weighted by Crippen LogP contribution is 2.35. The third kappa shape index (κ3) is 6.76. The molecule has 1 heterocycles. The number of hydrogen-bond acceptors (Lipinski definition) is 6. The van der Waals surface area contributed by atoms with E-state index < -0.39 is 0 Å². The van der Waals surface area contributed by atoms with Crippen LogP contribution >= 0.6 is 23.1 Å². The predicted octanol–water partition coefficient (Wildman–Crippen LogP) is 7.29. The molecule has 34 heavy (non-hydrogen) atoms. The van der Waals surface area contributed by atoms with Gasteiger partial charge in [0.2, 0.25) is 0 Å². The molecule has 0 aliphatic rings. The maximum absolute atomic E-state index is 13.2. The van der Waals surface area contributed by atoms with Gasteiger partial charge in [-0.3, -0.25) is 9.59 Å². The van der Waals surface area contributed by atoms with Gasteiger partial charge < -0.3 is 9.47 Å². The lowest BCUT2D eigenvalue weighted by molar-refractivity contribution is -0.143. The number of fused-ring (bicyclic) bond motifs is 2. The van der Waals surface area contributed by atoms with Crippen LogP contribution in [0.3, 0.4) is 0 Å². The first kappa shape index (κ1) is 26.6. The highest BCUT2D eigenvalue weighted by molar-refractivity contribution is 7.99. The number of benzene rings is 2. The predicted molar refractivity (Wildman–Crippen MR) is 147 cm³/mol. The monoisotopic (exact) mass is 500 g/mol. The molecule has 0 saturated heterocycles. The van der Waals surface area contributed by atoms with Crippen molar-refractivity contribution < 1.29 is 14.3 Å². The summed E-state index contributed by atoms with van der Waals surface area (Å²) in [5, 5.41) is 1.32. The molecule has 0 spiro atoms. The Bertz CT molecular complexity index is 1200. The second-order valence-corrected chi connectivity index (χ2v) is 11.8. The maximum atomic E-state index is 13.2. The van der Waals surface area contributed by atoms with E-state index in [2.05, 4.69) is 26.8 Å². The molecule has 0 saturated carbocycles. The lowest BCUT2D eigenvalue weighted by Crippen LogP contribution is -2.14. The van der Waals surface area contributed by atoms with Crippen molar-refractivity contribution in [2.24, 2.45) is 5.41 Å². The normalized spacial score (nSPS) is 11.8. The molecule has 0 fully saturated rings. The topological polar surface area (TPSA) is 52.6 Å². The standard InChI is InChI=1S/C28H36O4S2/c1-6-28(4,5)13-9-16-33-17-12-24(29)31-14-15-32-27-20(3)19(2)18-23-25(27)26(30)21-10-7-8-11-22(21)34-23/h7-8,10-11,18H,6,9,12-17H2,1-5H3. The molecular formula is C28H36O4S2. The van der Waals surface area contributed by atoms with Crippen molar-refractivity contribution in [1.29, 1.82) is 0 Å². The van der Waals surface area contributed by atoms with Gasteiger partial charge in [-0.15, -0.1) is 11.3 Å². The molecular weight excluding hydrogens is 464 g/mol. The van der Waals surface area contributed by atoms with Crippen molar-refractivity contribution in [3.8, 4) is 5.75 Å². The minimum atomic E-state index is -0.200. The number of ether oxygens (including phenoxy) is 2. The summed E-state index contributed by atoms with van der Waals surface area (Å²) in [6, 6.07) is 9.71. The van der Waals surface area contributed by atoms with Crippen molar-refractivity contribution in [2.45, 2.75) is 60.3 Å². The van der Waals surface area contributed by atoms with Crippen LogP contribution in [0.5, 0.6) is 5.75 Å². The number of aryl methyl sites for hydroxylation is 1. The highest BCUT2D eigenvalue weighted by atomic mass is 32.2. The molecule has 1 aromatic heterocycles. The zero-order valence-corrected chi connectivity index (χ0v) is 22.6. The zero-order chi connectivity index (χ0) is 24.7. The molecule has 0 aliphatic carbocycles. The summed E-state index contributed by atoms with van der Waals surface area (Å²) in [5.74, 6) is 2.26. The first-order valence-electron chi connectivity index (χ1n) is 12.1. The molecule has 0 bridgehead atoms. The minimum Gasteiger partial charge on any atom is -0.489 e. The Labute approximate surface area is 211 Å². The fourth-order valence-electron chi connectivity index (χ4n) is 3.79. The second-order valence-electron chi connectivity index (χ2n) is 9.50. The summed E-state index contributed by atoms with van der Waals surface area (Å²) >= 11 is 3.41. The molecule has 3 aromatic rings. The molecule has 0 aliphatic heterocycles. The van der Waals surface area contributed by atoms with Gasteiger partial charge in [-0.1, -0.05) is 39.3 Å². The SMILES string of the molecule is CCC(C)(C)CCCSCCC(=O)OCCOc1c(C)c(C)cc2sc3ccccc3c(=O)c12. The van der Waals surface area contributed by atoms with Crippen LogP contribution in [-0.4, -0.2) is 30.7 Å². The lowest BCUT2D eigenvalue weighted by Gasteiger charge is -2.21. The van der Waals surface area contributed by atoms with Crippen LogP contribution < -0.4 is 10.2 Å². The van der Waals surface area contributed by atoms with Crippen LogP contribution in [0.1, 0.15) is 57.6 Å². The van der Waals surface area contributed by atoms with E-state index in [-0.39, 0.29) is 24.6 Å². The molecule has 0 amide bonds. The molecule has 0 radical (unpaired) electrons. The molecule has 4 nitrogen and oxygen atoms in total. The van der Waals surface area contributed by atoms with Crippen molar-refractivity contribution >= 4 is 49.2 Å². The van der Waals surface area contributed by atoms with E-state index in [1.807, 2.05) is 49.9 Å². The van der Waals surface area contributed by atoms with Crippen molar-refractivity contribution in [3.05, 3.63) is 51.7 Å². The number of hydrogen-bond donors (Lipinski definition) is 0. The van der Waals surface area contributed by atoms with Crippen LogP contribution in [0.25, 0.3) is 20.2 Å². The van der Waals surface area contributed by atoms with Gasteiger partial charge in [-0.25, -0.2) is 0 Å². The van der Waals surface area contributed by atoms with Crippen molar-refractivity contribution in [1.82, 2.24) is 0 Å². The summed E-state index contributed by atoms with van der Waals surface area (Å²) in [4.78, 5) is 25.3. The Morgan fingerprint density at radius 1 is 1.09 bits per heavy atom. The average molecular weight is 501 g/mol. The molecule has 6 heteroatoms. The Kier molecular flexibility index (Phi) is 9.43. The maximum Gasteiger partial charge on any atom is 0.306 e. The van der Waals surface area contributed by atoms with Gasteiger partial charge in [0.1, 0.15) is 19.0 Å². The summed E-state index contributed by atoms with van der Waals surface area (Å²) in [5.41, 5.74) is 2.41. The van der Waals surface area contributed by atoms with Gasteiger partial charge in [-0.2, -0.15) is 11.8 Å². The van der Waals surface area contributed by atoms with Gasteiger partial charge in [0.15, 0.2) is 5.43 Å². The largest absolute Gasteiger partial charge is 0.489 e. The molecule has 3 rings (SSSR count). The Morgan fingerprint density at radius 3 is 2.62 bits per heavy atom. The fourth-order valence-corrected chi connectivity index (χ4v) is 5.83. The molecule has 0 unspecified atom stereocenters. The average Bonchev–Trinajstić information content (AvgIpc) is 2.81. The lowest BCUT2D eigenvalue weighted by atomic mass is 9.86. The molecule has 0 atom stereocenters. The van der Waals surface area contributed by atoms with E-state index in [0.29, 0.717) is 28.4 Å². The van der Waals surface area contributed by atoms with Gasteiger partial charge in [-0.05, 0) is 67.2 Å². The van der Waals surface area contributed by atoms with E-state index in [0.717, 1.165) is 32.0 Å². The van der Waals surface area contributed by atoms with Crippen LogP contribution in [-0.2, 0) is 9.53 Å². The van der Waals surface area contributed by atoms with Gasteiger partial charge >= 0.3 is 5.97 Å². The van der Waals surface area contributed by atoms with E-state index in [4.69, 9.17) is 9.47 Å². The number of rotatable bonds is 12. The first-order chi connectivity index (χ1) is 16.2. The third-order valence-corrected chi connectivity index (χ3v) is 8.66. The van der Waals surface area contributed by atoms with E-state index in [1.165, 1.54) is 19.3 Å². The number of esters is 1. The van der Waals surface area contributed by atoms with Gasteiger partial charge in [0, 0.05) is 20.5 Å². The quantitative estimate of drug-likeness (QED) is 0.148. The van der Waals surface area contributed by atoms with Crippen LogP contribution in [0.15, 0.2) is 35.1 Å². The zero-order valence-electron chi connectivity index (χ0n) is 21.0. The van der Waals surface area contributed by atoms with Crippen LogP contribution in [0, 0.1) is 19.3 Å². The van der Waals surface area contributed by atoms with Gasteiger partial charge in [0.05, 0.1) is 11.8 Å². The number of thioether (sulfide) groups is 1. The van der Waals surface area contributed by atoms with Crippen LogP contribution in [0.4, 0.5) is 0 Å². The van der Waals surface area contributed by atoms with Crippen molar-refractivity contribution in [3.63, 3.8) is 0 Å². The fraction of sp³-hybridized carbons (Fsp3) is 0.500. The van der Waals surface area contributed by atoms with E-state index >= 15 is 0 Å². The molecule has 2 aromatic carbocycles.